The minimum atomic E-state index is -0.934. The van der Waals surface area contributed by atoms with Crippen LogP contribution in [0.4, 0.5) is 0 Å². The molecule has 1 aliphatic rings. The van der Waals surface area contributed by atoms with Gasteiger partial charge < -0.3 is 10.2 Å². The summed E-state index contributed by atoms with van der Waals surface area (Å²) in [6.07, 6.45) is 14.2. The third-order valence-corrected chi connectivity index (χ3v) is 4.16. The maximum atomic E-state index is 10.5. The molecule has 0 aromatic heterocycles. The molecule has 0 amide bonds. The molecule has 0 radical (unpaired) electrons. The van der Waals surface area contributed by atoms with Crippen molar-refractivity contribution in [3.8, 4) is 0 Å². The average molecular weight is 316 g/mol. The Morgan fingerprint density at radius 3 is 2.52 bits per heavy atom. The largest absolute Gasteiger partial charge is 0.478 e. The van der Waals surface area contributed by atoms with E-state index in [9.17, 15) is 9.90 Å². The molecule has 0 unspecified atom stereocenters. The van der Waals surface area contributed by atoms with Gasteiger partial charge in [-0.25, -0.2) is 4.79 Å². The minimum Gasteiger partial charge on any atom is -0.478 e. The summed E-state index contributed by atoms with van der Waals surface area (Å²) in [7, 11) is 0. The van der Waals surface area contributed by atoms with Crippen LogP contribution in [0, 0.1) is 5.41 Å². The molecule has 1 aliphatic carbocycles. The monoisotopic (exact) mass is 316 g/mol. The van der Waals surface area contributed by atoms with Crippen LogP contribution in [-0.4, -0.2) is 22.8 Å². The van der Waals surface area contributed by atoms with E-state index < -0.39 is 5.97 Å². The van der Waals surface area contributed by atoms with E-state index in [0.717, 1.165) is 30.4 Å². The Kier molecular flexibility index (Phi) is 7.24. The maximum absolute atomic E-state index is 10.5. The Morgan fingerprint density at radius 2 is 1.91 bits per heavy atom. The highest BCUT2D eigenvalue weighted by atomic mass is 16.4. The normalized spacial score (nSPS) is 19.9. The van der Waals surface area contributed by atoms with Crippen LogP contribution in [0.1, 0.15) is 47.0 Å². The number of carboxylic acid groups (broad SMARTS) is 1. The van der Waals surface area contributed by atoms with E-state index in [2.05, 4.69) is 26.0 Å². The first kappa shape index (κ1) is 19.2. The van der Waals surface area contributed by atoms with Crippen molar-refractivity contribution < 1.29 is 15.0 Å². The van der Waals surface area contributed by atoms with E-state index in [-0.39, 0.29) is 12.0 Å². The van der Waals surface area contributed by atoms with E-state index in [0.29, 0.717) is 5.57 Å². The standard InChI is InChI=1S/C20H28O3/c1-15(7-5-8-16(2)13-19(22)23)10-11-18-17(14-21)9-6-12-20(18,3)4/h5,7-8,10-11,13,21H,6,9,12,14H2,1-4H3,(H,22,23)/b8-5+,11-10+,15-7-,16-13-. The lowest BCUT2D eigenvalue weighted by molar-refractivity contribution is -0.131. The van der Waals surface area contributed by atoms with Gasteiger partial charge in [-0.3, -0.25) is 0 Å². The van der Waals surface area contributed by atoms with Gasteiger partial charge in [-0.1, -0.05) is 49.8 Å². The Bertz CT molecular complexity index is 584. The predicted octanol–water partition coefficient (Wildman–Crippen LogP) is 4.58. The first-order valence-corrected chi connectivity index (χ1v) is 8.04. The van der Waals surface area contributed by atoms with Crippen molar-refractivity contribution in [2.45, 2.75) is 47.0 Å². The third kappa shape index (κ3) is 6.41. The quantitative estimate of drug-likeness (QED) is 0.557. The van der Waals surface area contributed by atoms with E-state index in [1.54, 1.807) is 13.0 Å². The first-order valence-electron chi connectivity index (χ1n) is 8.04. The van der Waals surface area contributed by atoms with E-state index in [1.807, 2.05) is 19.1 Å². The van der Waals surface area contributed by atoms with Crippen LogP contribution >= 0.6 is 0 Å². The molecule has 0 saturated heterocycles. The molecule has 0 spiro atoms. The van der Waals surface area contributed by atoms with Crippen LogP contribution in [0.5, 0.6) is 0 Å². The lowest BCUT2D eigenvalue weighted by Crippen LogP contribution is -2.21. The zero-order chi connectivity index (χ0) is 17.5. The molecular weight excluding hydrogens is 288 g/mol. The van der Waals surface area contributed by atoms with E-state index in [1.165, 1.54) is 11.6 Å². The summed E-state index contributed by atoms with van der Waals surface area (Å²) >= 11 is 0. The molecule has 0 aromatic rings. The summed E-state index contributed by atoms with van der Waals surface area (Å²) in [5, 5.41) is 18.2. The van der Waals surface area contributed by atoms with Gasteiger partial charge in [-0.15, -0.1) is 0 Å². The Hall–Kier alpha value is -1.87. The Balaban J connectivity index is 2.86. The summed E-state index contributed by atoms with van der Waals surface area (Å²) in [6.45, 7) is 8.34. The second-order valence-corrected chi connectivity index (χ2v) is 6.74. The van der Waals surface area contributed by atoms with Crippen LogP contribution in [0.2, 0.25) is 0 Å². The van der Waals surface area contributed by atoms with Gasteiger partial charge in [-0.05, 0) is 55.2 Å². The molecule has 2 N–H and O–H groups in total. The molecule has 0 aromatic carbocycles. The lowest BCUT2D eigenvalue weighted by Gasteiger charge is -2.33. The fraction of sp³-hybridized carbons (Fsp3) is 0.450. The molecule has 126 valence electrons. The summed E-state index contributed by atoms with van der Waals surface area (Å²) < 4.78 is 0. The van der Waals surface area contributed by atoms with Crippen molar-refractivity contribution in [1.82, 2.24) is 0 Å². The molecule has 23 heavy (non-hydrogen) atoms. The topological polar surface area (TPSA) is 57.5 Å². The van der Waals surface area contributed by atoms with E-state index >= 15 is 0 Å². The SMILES string of the molecule is CC(=C/C(=O)O)/C=C/C=C(C)\C=C\C1=C(CO)CCCC1(C)C. The van der Waals surface area contributed by atoms with Crippen molar-refractivity contribution in [3.05, 3.63) is 58.7 Å². The number of carboxylic acids is 1. The number of rotatable bonds is 6. The lowest BCUT2D eigenvalue weighted by atomic mass is 9.72. The molecule has 3 heteroatoms. The second kappa shape index (κ2) is 8.68. The van der Waals surface area contributed by atoms with Gasteiger partial charge in [0.05, 0.1) is 6.61 Å². The number of allylic oxidation sites excluding steroid dienone is 8. The minimum absolute atomic E-state index is 0.101. The highest BCUT2D eigenvalue weighted by molar-refractivity contribution is 5.81. The molecule has 0 fully saturated rings. The maximum Gasteiger partial charge on any atom is 0.328 e. The number of aliphatic hydroxyl groups excluding tert-OH is 1. The number of aliphatic carboxylic acids is 1. The number of hydrogen-bond donors (Lipinski definition) is 2. The van der Waals surface area contributed by atoms with Gasteiger partial charge in [0.25, 0.3) is 0 Å². The molecule has 0 heterocycles. The summed E-state index contributed by atoms with van der Waals surface area (Å²) in [5.74, 6) is -0.934. The van der Waals surface area contributed by atoms with Crippen LogP contribution in [0.25, 0.3) is 0 Å². The summed E-state index contributed by atoms with van der Waals surface area (Å²) in [4.78, 5) is 10.5. The molecule has 1 rings (SSSR count). The van der Waals surface area contributed by atoms with Crippen molar-refractivity contribution in [3.63, 3.8) is 0 Å². The van der Waals surface area contributed by atoms with Gasteiger partial charge in [-0.2, -0.15) is 0 Å². The Labute approximate surface area is 139 Å². The van der Waals surface area contributed by atoms with Crippen molar-refractivity contribution in [2.24, 2.45) is 5.41 Å². The fourth-order valence-electron chi connectivity index (χ4n) is 2.86. The zero-order valence-corrected chi connectivity index (χ0v) is 14.6. The third-order valence-electron chi connectivity index (χ3n) is 4.16. The van der Waals surface area contributed by atoms with Gasteiger partial charge in [0.1, 0.15) is 0 Å². The van der Waals surface area contributed by atoms with Crippen LogP contribution in [0.15, 0.2) is 58.7 Å². The van der Waals surface area contributed by atoms with Gasteiger partial charge in [0.15, 0.2) is 0 Å². The van der Waals surface area contributed by atoms with Crippen LogP contribution in [0.3, 0.4) is 0 Å². The molecular formula is C20H28O3. The highest BCUT2D eigenvalue weighted by Crippen LogP contribution is 2.40. The van der Waals surface area contributed by atoms with Crippen LogP contribution in [-0.2, 0) is 4.79 Å². The second-order valence-electron chi connectivity index (χ2n) is 6.74. The smallest absolute Gasteiger partial charge is 0.328 e. The van der Waals surface area contributed by atoms with E-state index in [4.69, 9.17) is 5.11 Å². The fourth-order valence-corrected chi connectivity index (χ4v) is 2.86. The first-order chi connectivity index (χ1) is 10.8. The molecule has 0 atom stereocenters. The zero-order valence-electron chi connectivity index (χ0n) is 14.6. The van der Waals surface area contributed by atoms with Gasteiger partial charge in [0.2, 0.25) is 0 Å². The number of aliphatic hydroxyl groups is 1. The average Bonchev–Trinajstić information content (AvgIpc) is 2.44. The highest BCUT2D eigenvalue weighted by Gasteiger charge is 2.27. The van der Waals surface area contributed by atoms with Crippen molar-refractivity contribution >= 4 is 5.97 Å². The molecule has 0 bridgehead atoms. The van der Waals surface area contributed by atoms with Crippen LogP contribution < -0.4 is 0 Å². The molecule has 3 nitrogen and oxygen atoms in total. The Morgan fingerprint density at radius 1 is 1.22 bits per heavy atom. The summed E-state index contributed by atoms with van der Waals surface area (Å²) in [5.41, 5.74) is 4.26. The predicted molar refractivity (Wildman–Crippen MR) is 95.2 cm³/mol. The number of hydrogen-bond acceptors (Lipinski definition) is 2. The molecule has 0 saturated carbocycles. The molecule has 0 aliphatic heterocycles. The summed E-state index contributed by atoms with van der Waals surface area (Å²) in [6, 6.07) is 0. The number of carbonyl (C=O) groups is 1. The van der Waals surface area contributed by atoms with Gasteiger partial charge in [0, 0.05) is 6.08 Å². The van der Waals surface area contributed by atoms with Crippen molar-refractivity contribution in [1.29, 1.82) is 0 Å². The van der Waals surface area contributed by atoms with Crippen molar-refractivity contribution in [2.75, 3.05) is 6.61 Å². The van der Waals surface area contributed by atoms with Gasteiger partial charge >= 0.3 is 5.97 Å².